The number of methoxy groups -OCH3 is 1. The Bertz CT molecular complexity index is 418. The second kappa shape index (κ2) is 8.98. The number of hydrogen-bond acceptors (Lipinski definition) is 3. The highest BCUT2D eigenvalue weighted by molar-refractivity contribution is 5.48. The second-order valence-corrected chi connectivity index (χ2v) is 5.66. The lowest BCUT2D eigenvalue weighted by molar-refractivity contribution is 0.0547. The first-order valence-corrected chi connectivity index (χ1v) is 8.00. The van der Waals surface area contributed by atoms with Gasteiger partial charge in [0.15, 0.2) is 0 Å². The first kappa shape index (κ1) is 16.2. The van der Waals surface area contributed by atoms with Crippen LogP contribution in [-0.4, -0.2) is 62.3 Å². The summed E-state index contributed by atoms with van der Waals surface area (Å²) in [6.45, 7) is 8.70. The molecule has 1 aliphatic rings. The van der Waals surface area contributed by atoms with Gasteiger partial charge in [-0.05, 0) is 12.0 Å². The molecular formula is C18H28N2O. The maximum atomic E-state index is 5.21. The van der Waals surface area contributed by atoms with Crippen LogP contribution in [0.2, 0.25) is 0 Å². The number of rotatable bonds is 7. The highest BCUT2D eigenvalue weighted by Crippen LogP contribution is 2.13. The molecule has 3 heteroatoms. The van der Waals surface area contributed by atoms with Crippen LogP contribution in [0.5, 0.6) is 0 Å². The molecule has 2 rings (SSSR count). The summed E-state index contributed by atoms with van der Waals surface area (Å²) in [5.41, 5.74) is 1.28. The minimum absolute atomic E-state index is 0.666. The molecule has 1 aromatic rings. The van der Waals surface area contributed by atoms with E-state index in [1.54, 1.807) is 7.11 Å². The van der Waals surface area contributed by atoms with Crippen molar-refractivity contribution in [3.8, 4) is 0 Å². The van der Waals surface area contributed by atoms with Crippen molar-refractivity contribution < 1.29 is 4.74 Å². The summed E-state index contributed by atoms with van der Waals surface area (Å²) in [4.78, 5) is 5.12. The molecule has 0 aliphatic carbocycles. The third-order valence-corrected chi connectivity index (χ3v) is 4.22. The van der Waals surface area contributed by atoms with Crippen LogP contribution in [0.4, 0.5) is 0 Å². The monoisotopic (exact) mass is 288 g/mol. The summed E-state index contributed by atoms with van der Waals surface area (Å²) in [5.74, 6) is 0. The molecule has 1 fully saturated rings. The van der Waals surface area contributed by atoms with E-state index < -0.39 is 0 Å². The largest absolute Gasteiger partial charge is 0.383 e. The Morgan fingerprint density at radius 1 is 1.24 bits per heavy atom. The third-order valence-electron chi connectivity index (χ3n) is 4.22. The maximum absolute atomic E-state index is 5.21. The smallest absolute Gasteiger partial charge is 0.0589 e. The van der Waals surface area contributed by atoms with Crippen molar-refractivity contribution in [1.82, 2.24) is 9.80 Å². The molecule has 1 aliphatic heterocycles. The molecule has 0 aromatic heterocycles. The van der Waals surface area contributed by atoms with Gasteiger partial charge < -0.3 is 4.74 Å². The molecule has 1 atom stereocenters. The van der Waals surface area contributed by atoms with Gasteiger partial charge in [0, 0.05) is 45.9 Å². The van der Waals surface area contributed by atoms with E-state index in [0.29, 0.717) is 6.04 Å². The highest BCUT2D eigenvalue weighted by Gasteiger charge is 2.24. The third kappa shape index (κ3) is 5.27. The molecular weight excluding hydrogens is 260 g/mol. The number of hydrogen-bond donors (Lipinski definition) is 0. The molecule has 116 valence electrons. The van der Waals surface area contributed by atoms with Crippen LogP contribution >= 0.6 is 0 Å². The Morgan fingerprint density at radius 2 is 2.05 bits per heavy atom. The zero-order chi connectivity index (χ0) is 14.9. The number of ether oxygens (including phenoxy) is 1. The summed E-state index contributed by atoms with van der Waals surface area (Å²) in [6.07, 6.45) is 5.72. The van der Waals surface area contributed by atoms with Crippen molar-refractivity contribution in [1.29, 1.82) is 0 Å². The van der Waals surface area contributed by atoms with Gasteiger partial charge in [0.25, 0.3) is 0 Å². The Balaban J connectivity index is 1.79. The van der Waals surface area contributed by atoms with E-state index in [4.69, 9.17) is 4.74 Å². The van der Waals surface area contributed by atoms with Crippen molar-refractivity contribution >= 4 is 6.08 Å². The van der Waals surface area contributed by atoms with Gasteiger partial charge in [-0.1, -0.05) is 49.4 Å². The van der Waals surface area contributed by atoms with Crippen molar-refractivity contribution in [2.75, 3.05) is 46.4 Å². The minimum atomic E-state index is 0.666. The molecule has 1 saturated heterocycles. The fourth-order valence-corrected chi connectivity index (χ4v) is 2.92. The lowest BCUT2D eigenvalue weighted by Gasteiger charge is -2.40. The molecule has 0 amide bonds. The maximum Gasteiger partial charge on any atom is 0.0589 e. The molecule has 3 nitrogen and oxygen atoms in total. The average molecular weight is 288 g/mol. The zero-order valence-electron chi connectivity index (χ0n) is 13.4. The molecule has 1 aromatic carbocycles. The lowest BCUT2D eigenvalue weighted by Crippen LogP contribution is -2.53. The van der Waals surface area contributed by atoms with Gasteiger partial charge in [-0.3, -0.25) is 9.80 Å². The molecule has 0 N–H and O–H groups in total. The van der Waals surface area contributed by atoms with Crippen LogP contribution in [0.1, 0.15) is 18.9 Å². The van der Waals surface area contributed by atoms with Gasteiger partial charge in [-0.15, -0.1) is 0 Å². The van der Waals surface area contributed by atoms with E-state index >= 15 is 0 Å². The fraction of sp³-hybridized carbons (Fsp3) is 0.556. The molecule has 21 heavy (non-hydrogen) atoms. The van der Waals surface area contributed by atoms with Crippen molar-refractivity contribution in [2.24, 2.45) is 0 Å². The number of nitrogens with zero attached hydrogens (tertiary/aromatic N) is 2. The molecule has 0 unspecified atom stereocenters. The second-order valence-electron chi connectivity index (χ2n) is 5.66. The predicted octanol–water partition coefficient (Wildman–Crippen LogP) is 2.74. The highest BCUT2D eigenvalue weighted by atomic mass is 16.5. The van der Waals surface area contributed by atoms with E-state index in [1.807, 2.05) is 0 Å². The Hall–Kier alpha value is -1.16. The van der Waals surface area contributed by atoms with Crippen LogP contribution in [-0.2, 0) is 4.74 Å². The lowest BCUT2D eigenvalue weighted by atomic mass is 10.1. The van der Waals surface area contributed by atoms with E-state index in [-0.39, 0.29) is 0 Å². The van der Waals surface area contributed by atoms with Crippen molar-refractivity contribution in [3.63, 3.8) is 0 Å². The molecule has 0 spiro atoms. The van der Waals surface area contributed by atoms with Crippen LogP contribution in [0.25, 0.3) is 6.08 Å². The molecule has 0 saturated carbocycles. The molecule has 1 heterocycles. The van der Waals surface area contributed by atoms with Crippen LogP contribution < -0.4 is 0 Å². The van der Waals surface area contributed by atoms with E-state index in [9.17, 15) is 0 Å². The van der Waals surface area contributed by atoms with E-state index in [0.717, 1.165) is 32.8 Å². The van der Waals surface area contributed by atoms with Crippen molar-refractivity contribution in [3.05, 3.63) is 42.0 Å². The minimum Gasteiger partial charge on any atom is -0.383 e. The standard InChI is InChI=1S/C18H28N2O/c1-3-18-16-19(12-13-20(18)14-15-21-2)11-7-10-17-8-5-4-6-9-17/h4-10,18H,3,11-16H2,1-2H3/b10-7+/t18-/m0/s1. The van der Waals surface area contributed by atoms with Crippen molar-refractivity contribution in [2.45, 2.75) is 19.4 Å². The van der Waals surface area contributed by atoms with Gasteiger partial charge in [0.05, 0.1) is 6.61 Å². The van der Waals surface area contributed by atoms with E-state index in [2.05, 4.69) is 59.2 Å². The molecule has 0 bridgehead atoms. The Kier molecular flexibility index (Phi) is 6.93. The fourth-order valence-electron chi connectivity index (χ4n) is 2.92. The van der Waals surface area contributed by atoms with E-state index in [1.165, 1.54) is 18.5 Å². The summed E-state index contributed by atoms with van der Waals surface area (Å²) >= 11 is 0. The summed E-state index contributed by atoms with van der Waals surface area (Å²) in [5, 5.41) is 0. The topological polar surface area (TPSA) is 15.7 Å². The van der Waals surface area contributed by atoms with Crippen LogP contribution in [0, 0.1) is 0 Å². The average Bonchev–Trinajstić information content (AvgIpc) is 2.54. The van der Waals surface area contributed by atoms with Gasteiger partial charge in [-0.2, -0.15) is 0 Å². The SMILES string of the molecule is CC[C@H]1CN(C/C=C/c2ccccc2)CCN1CCOC. The van der Waals surface area contributed by atoms with Gasteiger partial charge in [-0.25, -0.2) is 0 Å². The Labute approximate surface area is 129 Å². The quantitative estimate of drug-likeness (QED) is 0.767. The Morgan fingerprint density at radius 3 is 2.76 bits per heavy atom. The number of piperazine rings is 1. The summed E-state index contributed by atoms with van der Waals surface area (Å²) < 4.78 is 5.21. The number of benzene rings is 1. The molecule has 0 radical (unpaired) electrons. The first-order valence-electron chi connectivity index (χ1n) is 8.00. The van der Waals surface area contributed by atoms with Crippen LogP contribution in [0.3, 0.4) is 0 Å². The first-order chi connectivity index (χ1) is 10.3. The normalized spacial score (nSPS) is 21.1. The zero-order valence-corrected chi connectivity index (χ0v) is 13.4. The van der Waals surface area contributed by atoms with Gasteiger partial charge in [0.1, 0.15) is 0 Å². The summed E-state index contributed by atoms with van der Waals surface area (Å²) in [6, 6.07) is 11.2. The van der Waals surface area contributed by atoms with Crippen LogP contribution in [0.15, 0.2) is 36.4 Å². The van der Waals surface area contributed by atoms with Gasteiger partial charge >= 0.3 is 0 Å². The predicted molar refractivity (Wildman–Crippen MR) is 89.4 cm³/mol. The van der Waals surface area contributed by atoms with Gasteiger partial charge in [0.2, 0.25) is 0 Å². The summed E-state index contributed by atoms with van der Waals surface area (Å²) in [7, 11) is 1.78.